The number of thiophene rings is 1. The Morgan fingerprint density at radius 1 is 1.41 bits per heavy atom. The Hall–Kier alpha value is -1.88. The van der Waals surface area contributed by atoms with Crippen LogP contribution in [0.25, 0.3) is 10.6 Å². The van der Waals surface area contributed by atoms with Crippen molar-refractivity contribution in [3.05, 3.63) is 45.6 Å². The zero-order chi connectivity index (χ0) is 12.4. The van der Waals surface area contributed by atoms with Gasteiger partial charge in [-0.05, 0) is 30.5 Å². The SMILES string of the molecule is CCn1c(-c2cccs2)ccc(C(=O)O)c1=O. The zero-order valence-electron chi connectivity index (χ0n) is 9.21. The summed E-state index contributed by atoms with van der Waals surface area (Å²) < 4.78 is 1.48. The van der Waals surface area contributed by atoms with Gasteiger partial charge in [-0.25, -0.2) is 4.79 Å². The molecule has 0 saturated heterocycles. The molecule has 0 aliphatic carbocycles. The van der Waals surface area contributed by atoms with E-state index in [-0.39, 0.29) is 5.56 Å². The minimum Gasteiger partial charge on any atom is -0.477 e. The number of pyridine rings is 1. The van der Waals surface area contributed by atoms with Crippen molar-refractivity contribution in [3.8, 4) is 10.6 Å². The fourth-order valence-corrected chi connectivity index (χ4v) is 2.45. The third-order valence-corrected chi connectivity index (χ3v) is 3.39. The predicted molar refractivity (Wildman–Crippen MR) is 66.6 cm³/mol. The van der Waals surface area contributed by atoms with Crippen molar-refractivity contribution >= 4 is 17.3 Å². The van der Waals surface area contributed by atoms with Crippen molar-refractivity contribution in [1.29, 1.82) is 0 Å². The Morgan fingerprint density at radius 2 is 2.18 bits per heavy atom. The highest BCUT2D eigenvalue weighted by atomic mass is 32.1. The maximum atomic E-state index is 11.9. The van der Waals surface area contributed by atoms with Gasteiger partial charge in [0.1, 0.15) is 5.56 Å². The lowest BCUT2D eigenvalue weighted by Crippen LogP contribution is -2.26. The molecule has 0 aliphatic heterocycles. The van der Waals surface area contributed by atoms with Gasteiger partial charge in [-0.1, -0.05) is 6.07 Å². The van der Waals surface area contributed by atoms with Crippen LogP contribution in [0, 0.1) is 0 Å². The molecule has 0 bridgehead atoms. The Bertz CT molecular complexity index is 599. The molecule has 0 radical (unpaired) electrons. The molecular weight excluding hydrogens is 238 g/mol. The monoisotopic (exact) mass is 249 g/mol. The van der Waals surface area contributed by atoms with Gasteiger partial charge < -0.3 is 9.67 Å². The molecule has 2 heterocycles. The Labute approximate surface area is 102 Å². The Balaban J connectivity index is 2.68. The standard InChI is InChI=1S/C12H11NO3S/c1-2-13-9(10-4-3-7-17-10)6-5-8(11(13)14)12(15)16/h3-7H,2H2,1H3,(H,15,16). The van der Waals surface area contributed by atoms with Crippen LogP contribution in [0.15, 0.2) is 34.4 Å². The van der Waals surface area contributed by atoms with E-state index in [1.54, 1.807) is 6.07 Å². The molecule has 2 rings (SSSR count). The molecule has 0 fully saturated rings. The van der Waals surface area contributed by atoms with E-state index in [1.807, 2.05) is 24.4 Å². The van der Waals surface area contributed by atoms with Gasteiger partial charge >= 0.3 is 5.97 Å². The van der Waals surface area contributed by atoms with E-state index < -0.39 is 11.5 Å². The summed E-state index contributed by atoms with van der Waals surface area (Å²) >= 11 is 1.52. The van der Waals surface area contributed by atoms with Gasteiger partial charge in [0.25, 0.3) is 5.56 Å². The normalized spacial score (nSPS) is 10.4. The Kier molecular flexibility index (Phi) is 3.10. The minimum atomic E-state index is -1.19. The van der Waals surface area contributed by atoms with Crippen molar-refractivity contribution in [2.24, 2.45) is 0 Å². The molecule has 0 amide bonds. The van der Waals surface area contributed by atoms with Crippen LogP contribution in [-0.4, -0.2) is 15.6 Å². The Morgan fingerprint density at radius 3 is 2.71 bits per heavy atom. The van der Waals surface area contributed by atoms with Crippen molar-refractivity contribution < 1.29 is 9.90 Å². The summed E-state index contributed by atoms with van der Waals surface area (Å²) in [7, 11) is 0. The number of rotatable bonds is 3. The molecule has 88 valence electrons. The molecule has 0 spiro atoms. The number of carboxylic acids is 1. The molecule has 0 aromatic carbocycles. The van der Waals surface area contributed by atoms with Gasteiger partial charge in [0.15, 0.2) is 0 Å². The number of carbonyl (C=O) groups is 1. The van der Waals surface area contributed by atoms with Gasteiger partial charge in [-0.3, -0.25) is 4.79 Å². The molecule has 4 nitrogen and oxygen atoms in total. The topological polar surface area (TPSA) is 59.3 Å². The average Bonchev–Trinajstić information content (AvgIpc) is 2.81. The molecule has 5 heteroatoms. The van der Waals surface area contributed by atoms with Crippen LogP contribution in [0.1, 0.15) is 17.3 Å². The second-order valence-corrected chi connectivity index (χ2v) is 4.41. The van der Waals surface area contributed by atoms with Crippen LogP contribution < -0.4 is 5.56 Å². The lowest BCUT2D eigenvalue weighted by molar-refractivity contribution is 0.0694. The summed E-state index contributed by atoms with van der Waals surface area (Å²) in [5, 5.41) is 10.8. The first-order valence-electron chi connectivity index (χ1n) is 5.16. The van der Waals surface area contributed by atoms with Gasteiger partial charge in [0, 0.05) is 6.54 Å². The molecule has 2 aromatic heterocycles. The predicted octanol–water partition coefficient (Wildman–Crippen LogP) is 2.29. The lowest BCUT2D eigenvalue weighted by atomic mass is 10.2. The summed E-state index contributed by atoms with van der Waals surface area (Å²) in [6.45, 7) is 2.28. The first-order chi connectivity index (χ1) is 8.15. The second kappa shape index (κ2) is 4.55. The summed E-state index contributed by atoms with van der Waals surface area (Å²) in [4.78, 5) is 23.8. The number of hydrogen-bond donors (Lipinski definition) is 1. The molecule has 0 aliphatic rings. The molecule has 17 heavy (non-hydrogen) atoms. The number of hydrogen-bond acceptors (Lipinski definition) is 3. The fraction of sp³-hybridized carbons (Fsp3) is 0.167. The molecule has 0 unspecified atom stereocenters. The molecule has 0 atom stereocenters. The molecule has 2 aromatic rings. The van der Waals surface area contributed by atoms with E-state index in [1.165, 1.54) is 22.0 Å². The van der Waals surface area contributed by atoms with E-state index in [4.69, 9.17) is 5.11 Å². The second-order valence-electron chi connectivity index (χ2n) is 3.46. The van der Waals surface area contributed by atoms with Gasteiger partial charge in [0.05, 0.1) is 10.6 Å². The van der Waals surface area contributed by atoms with E-state index >= 15 is 0 Å². The third-order valence-electron chi connectivity index (χ3n) is 2.49. The highest BCUT2D eigenvalue weighted by Gasteiger charge is 2.14. The summed E-state index contributed by atoms with van der Waals surface area (Å²) in [5.41, 5.74) is 0.121. The van der Waals surface area contributed by atoms with E-state index in [2.05, 4.69) is 0 Å². The van der Waals surface area contributed by atoms with E-state index in [0.717, 1.165) is 10.6 Å². The average molecular weight is 249 g/mol. The zero-order valence-corrected chi connectivity index (χ0v) is 10.0. The van der Waals surface area contributed by atoms with Crippen molar-refractivity contribution in [2.75, 3.05) is 0 Å². The van der Waals surface area contributed by atoms with Gasteiger partial charge in [-0.15, -0.1) is 11.3 Å². The molecular formula is C12H11NO3S. The first-order valence-corrected chi connectivity index (χ1v) is 6.04. The highest BCUT2D eigenvalue weighted by Crippen LogP contribution is 2.23. The largest absolute Gasteiger partial charge is 0.477 e. The van der Waals surface area contributed by atoms with Crippen LogP contribution in [0.5, 0.6) is 0 Å². The van der Waals surface area contributed by atoms with Gasteiger partial charge in [0.2, 0.25) is 0 Å². The van der Waals surface area contributed by atoms with Crippen LogP contribution in [-0.2, 0) is 6.54 Å². The first kappa shape index (κ1) is 11.6. The van der Waals surface area contributed by atoms with Crippen LogP contribution in [0.2, 0.25) is 0 Å². The lowest BCUT2D eigenvalue weighted by Gasteiger charge is -2.09. The maximum absolute atomic E-state index is 11.9. The van der Waals surface area contributed by atoms with Crippen molar-refractivity contribution in [3.63, 3.8) is 0 Å². The number of aromatic carboxylic acids is 1. The number of carboxylic acid groups (broad SMARTS) is 1. The maximum Gasteiger partial charge on any atom is 0.341 e. The van der Waals surface area contributed by atoms with Crippen LogP contribution in [0.4, 0.5) is 0 Å². The van der Waals surface area contributed by atoms with Crippen molar-refractivity contribution in [2.45, 2.75) is 13.5 Å². The fourth-order valence-electron chi connectivity index (χ4n) is 1.69. The quantitative estimate of drug-likeness (QED) is 0.908. The van der Waals surface area contributed by atoms with Crippen molar-refractivity contribution in [1.82, 2.24) is 4.57 Å². The minimum absolute atomic E-state index is 0.188. The van der Waals surface area contributed by atoms with E-state index in [9.17, 15) is 9.59 Å². The third kappa shape index (κ3) is 2.01. The number of aromatic nitrogens is 1. The van der Waals surface area contributed by atoms with E-state index in [0.29, 0.717) is 6.54 Å². The summed E-state index contributed by atoms with van der Waals surface area (Å²) in [6.07, 6.45) is 0. The number of nitrogens with zero attached hydrogens (tertiary/aromatic N) is 1. The molecule has 1 N–H and O–H groups in total. The highest BCUT2D eigenvalue weighted by molar-refractivity contribution is 7.13. The summed E-state index contributed by atoms with van der Waals surface area (Å²) in [6, 6.07) is 6.85. The smallest absolute Gasteiger partial charge is 0.341 e. The van der Waals surface area contributed by atoms with Crippen LogP contribution >= 0.6 is 11.3 Å². The summed E-state index contributed by atoms with van der Waals surface area (Å²) in [5.74, 6) is -1.19. The van der Waals surface area contributed by atoms with Gasteiger partial charge in [-0.2, -0.15) is 0 Å². The molecule has 0 saturated carbocycles. The van der Waals surface area contributed by atoms with Crippen LogP contribution in [0.3, 0.4) is 0 Å².